The van der Waals surface area contributed by atoms with Crippen molar-refractivity contribution in [3.05, 3.63) is 46.1 Å². The van der Waals surface area contributed by atoms with E-state index in [1.54, 1.807) is 0 Å². The highest BCUT2D eigenvalue weighted by molar-refractivity contribution is 7.89. The second-order valence-corrected chi connectivity index (χ2v) is 11.0. The van der Waals surface area contributed by atoms with Gasteiger partial charge in [-0.15, -0.1) is 11.3 Å². The predicted molar refractivity (Wildman–Crippen MR) is 121 cm³/mol. The summed E-state index contributed by atoms with van der Waals surface area (Å²) < 4.78 is 40.7. The van der Waals surface area contributed by atoms with Crippen LogP contribution >= 0.6 is 11.3 Å². The lowest BCUT2D eigenvalue weighted by atomic mass is 9.96. The number of nitriles is 1. The first-order valence-corrected chi connectivity index (χ1v) is 13.0. The Morgan fingerprint density at radius 3 is 2.59 bits per heavy atom. The Bertz CT molecular complexity index is 1150. The number of aryl methyl sites for hydroxylation is 1. The highest BCUT2D eigenvalue weighted by Crippen LogP contribution is 2.37. The van der Waals surface area contributed by atoms with Gasteiger partial charge in [0.2, 0.25) is 15.9 Å². The van der Waals surface area contributed by atoms with E-state index in [-0.39, 0.29) is 30.3 Å². The lowest BCUT2D eigenvalue weighted by Gasteiger charge is -2.33. The van der Waals surface area contributed by atoms with Crippen molar-refractivity contribution in [2.24, 2.45) is 0 Å². The van der Waals surface area contributed by atoms with Crippen molar-refractivity contribution in [3.63, 3.8) is 0 Å². The van der Waals surface area contributed by atoms with E-state index in [1.807, 2.05) is 4.90 Å². The lowest BCUT2D eigenvalue weighted by Crippen LogP contribution is -2.49. The number of hydrogen-bond acceptors (Lipinski definition) is 6. The number of nitrogens with zero attached hydrogens (tertiary/aromatic N) is 3. The molecule has 2 heterocycles. The molecule has 7 nitrogen and oxygen atoms in total. The molecule has 0 spiro atoms. The monoisotopic (exact) mass is 476 g/mol. The summed E-state index contributed by atoms with van der Waals surface area (Å²) in [5.74, 6) is -0.903. The van der Waals surface area contributed by atoms with E-state index in [1.165, 1.54) is 38.7 Å². The number of benzene rings is 1. The number of anilines is 1. The summed E-state index contributed by atoms with van der Waals surface area (Å²) in [5.41, 5.74) is 1.69. The SMILES string of the molecule is N#Cc1c(NC(=O)CCN2CCN(S(=O)(=O)c3ccccc3F)CC2)sc2c1CCCC2. The van der Waals surface area contributed by atoms with Gasteiger partial charge in [-0.05, 0) is 43.4 Å². The van der Waals surface area contributed by atoms with Crippen LogP contribution in [0.4, 0.5) is 9.39 Å². The molecular formula is C22H25FN4O3S2. The van der Waals surface area contributed by atoms with Gasteiger partial charge in [-0.25, -0.2) is 12.8 Å². The van der Waals surface area contributed by atoms with Gasteiger partial charge in [-0.1, -0.05) is 12.1 Å². The normalized spacial score (nSPS) is 17.5. The summed E-state index contributed by atoms with van der Waals surface area (Å²) in [4.78, 5) is 15.4. The van der Waals surface area contributed by atoms with Gasteiger partial charge in [-0.2, -0.15) is 9.57 Å². The third-order valence-corrected chi connectivity index (χ3v) is 9.12. The largest absolute Gasteiger partial charge is 0.317 e. The second kappa shape index (κ2) is 9.67. The number of thiophene rings is 1. The van der Waals surface area contributed by atoms with Gasteiger partial charge in [0.15, 0.2) is 0 Å². The molecule has 1 fully saturated rings. The van der Waals surface area contributed by atoms with E-state index in [0.29, 0.717) is 30.2 Å². The number of sulfonamides is 1. The zero-order valence-corrected chi connectivity index (χ0v) is 19.3. The van der Waals surface area contributed by atoms with Crippen molar-refractivity contribution in [1.29, 1.82) is 5.26 Å². The fourth-order valence-electron chi connectivity index (χ4n) is 4.21. The molecule has 1 aromatic heterocycles. The number of nitrogens with one attached hydrogen (secondary N) is 1. The Morgan fingerprint density at radius 2 is 1.88 bits per heavy atom. The van der Waals surface area contributed by atoms with E-state index >= 15 is 0 Å². The number of piperazine rings is 1. The average Bonchev–Trinajstić information content (AvgIpc) is 3.15. The first-order valence-electron chi connectivity index (χ1n) is 10.7. The summed E-state index contributed by atoms with van der Waals surface area (Å²) in [6.07, 6.45) is 4.30. The zero-order chi connectivity index (χ0) is 22.7. The van der Waals surface area contributed by atoms with E-state index in [4.69, 9.17) is 0 Å². The van der Waals surface area contributed by atoms with Crippen LogP contribution in [-0.2, 0) is 27.7 Å². The van der Waals surface area contributed by atoms with Crippen molar-refractivity contribution in [1.82, 2.24) is 9.21 Å². The maximum Gasteiger partial charge on any atom is 0.246 e. The topological polar surface area (TPSA) is 93.5 Å². The molecule has 32 heavy (non-hydrogen) atoms. The number of halogens is 1. The minimum absolute atomic E-state index is 0.151. The molecule has 1 amide bonds. The van der Waals surface area contributed by atoms with Gasteiger partial charge in [0.05, 0.1) is 5.56 Å². The first-order chi connectivity index (χ1) is 15.4. The van der Waals surface area contributed by atoms with Gasteiger partial charge < -0.3 is 10.2 Å². The summed E-state index contributed by atoms with van der Waals surface area (Å²) in [7, 11) is -3.87. The molecule has 1 N–H and O–H groups in total. The Balaban J connectivity index is 1.29. The van der Waals surface area contributed by atoms with Gasteiger partial charge in [0.1, 0.15) is 21.8 Å². The van der Waals surface area contributed by atoms with Crippen LogP contribution in [-0.4, -0.2) is 56.3 Å². The molecule has 1 aliphatic carbocycles. The van der Waals surface area contributed by atoms with E-state index in [2.05, 4.69) is 11.4 Å². The highest BCUT2D eigenvalue weighted by atomic mass is 32.2. The number of fused-ring (bicyclic) bond motifs is 1. The molecule has 10 heteroatoms. The average molecular weight is 477 g/mol. The van der Waals surface area contributed by atoms with Crippen LogP contribution < -0.4 is 5.32 Å². The molecule has 2 aliphatic rings. The summed E-state index contributed by atoms with van der Waals surface area (Å²) >= 11 is 1.51. The summed E-state index contributed by atoms with van der Waals surface area (Å²) in [6, 6.07) is 7.63. The van der Waals surface area contributed by atoms with Gasteiger partial charge in [0.25, 0.3) is 0 Å². The van der Waals surface area contributed by atoms with Crippen molar-refractivity contribution < 1.29 is 17.6 Å². The second-order valence-electron chi connectivity index (χ2n) is 8.00. The molecule has 0 atom stereocenters. The maximum absolute atomic E-state index is 14.0. The van der Waals surface area contributed by atoms with E-state index in [9.17, 15) is 22.9 Å². The molecule has 2 aromatic rings. The molecule has 1 aliphatic heterocycles. The minimum Gasteiger partial charge on any atom is -0.317 e. The quantitative estimate of drug-likeness (QED) is 0.692. The van der Waals surface area contributed by atoms with Crippen LogP contribution in [0.25, 0.3) is 0 Å². The Morgan fingerprint density at radius 1 is 1.16 bits per heavy atom. The molecule has 0 saturated carbocycles. The van der Waals surface area contributed by atoms with Crippen molar-refractivity contribution in [3.8, 4) is 6.07 Å². The van der Waals surface area contributed by atoms with Crippen LogP contribution in [0.2, 0.25) is 0 Å². The highest BCUT2D eigenvalue weighted by Gasteiger charge is 2.30. The van der Waals surface area contributed by atoms with E-state index < -0.39 is 15.8 Å². The Kier molecular flexibility index (Phi) is 6.90. The van der Waals surface area contributed by atoms with Crippen molar-refractivity contribution in [2.75, 3.05) is 38.0 Å². The number of rotatable bonds is 6. The van der Waals surface area contributed by atoms with Gasteiger partial charge in [-0.3, -0.25) is 4.79 Å². The first kappa shape index (κ1) is 22.9. The fraction of sp³-hybridized carbons (Fsp3) is 0.455. The molecule has 0 radical (unpaired) electrons. The van der Waals surface area contributed by atoms with Crippen LogP contribution in [0, 0.1) is 17.1 Å². The number of carbonyl (C=O) groups excluding carboxylic acids is 1. The standard InChI is InChI=1S/C22H25FN4O3S2/c23-18-6-2-4-8-20(18)32(29,30)27-13-11-26(12-14-27)10-9-21(28)25-22-17(15-24)16-5-1-3-7-19(16)31-22/h2,4,6,8H,1,3,5,7,9-14H2,(H,25,28). The van der Waals surface area contributed by atoms with Gasteiger partial charge in [0, 0.05) is 44.0 Å². The van der Waals surface area contributed by atoms with Crippen LogP contribution in [0.1, 0.15) is 35.3 Å². The predicted octanol–water partition coefficient (Wildman–Crippen LogP) is 2.97. The number of hydrogen-bond donors (Lipinski definition) is 1. The number of amides is 1. The molecule has 0 unspecified atom stereocenters. The third-order valence-electron chi connectivity index (χ3n) is 5.98. The summed E-state index contributed by atoms with van der Waals surface area (Å²) in [6.45, 7) is 1.92. The summed E-state index contributed by atoms with van der Waals surface area (Å²) in [5, 5.41) is 13.1. The van der Waals surface area contributed by atoms with Crippen molar-refractivity contribution in [2.45, 2.75) is 37.0 Å². The number of carbonyl (C=O) groups is 1. The van der Waals surface area contributed by atoms with Crippen LogP contribution in [0.15, 0.2) is 29.2 Å². The molecule has 1 saturated heterocycles. The smallest absolute Gasteiger partial charge is 0.246 e. The van der Waals surface area contributed by atoms with Crippen molar-refractivity contribution >= 4 is 32.3 Å². The molecule has 0 bridgehead atoms. The molecule has 1 aromatic carbocycles. The van der Waals surface area contributed by atoms with Crippen LogP contribution in [0.3, 0.4) is 0 Å². The van der Waals surface area contributed by atoms with Gasteiger partial charge >= 0.3 is 0 Å². The van der Waals surface area contributed by atoms with Crippen LogP contribution in [0.5, 0.6) is 0 Å². The molecule has 4 rings (SSSR count). The maximum atomic E-state index is 14.0. The third kappa shape index (κ3) is 4.71. The fourth-order valence-corrected chi connectivity index (χ4v) is 6.95. The molecular weight excluding hydrogens is 451 g/mol. The molecule has 170 valence electrons. The zero-order valence-electron chi connectivity index (χ0n) is 17.6. The Hall–Kier alpha value is -2.32. The minimum atomic E-state index is -3.87. The Labute approximate surface area is 191 Å². The van der Waals surface area contributed by atoms with E-state index in [0.717, 1.165) is 37.3 Å². The lowest BCUT2D eigenvalue weighted by molar-refractivity contribution is -0.116.